The Morgan fingerprint density at radius 3 is 2.92 bits per heavy atom. The third kappa shape index (κ3) is 1.09. The van der Waals surface area contributed by atoms with Gasteiger partial charge in [0.05, 0.1) is 11.5 Å². The van der Waals surface area contributed by atoms with Gasteiger partial charge in [0.25, 0.3) is 0 Å². The molecule has 3 heteroatoms. The molecule has 3 nitrogen and oxygen atoms in total. The first-order chi connectivity index (χ1) is 6.20. The summed E-state index contributed by atoms with van der Waals surface area (Å²) in [7, 11) is 0. The molecule has 0 saturated heterocycles. The minimum absolute atomic E-state index is 0.278. The Labute approximate surface area is 75.2 Å². The van der Waals surface area contributed by atoms with Gasteiger partial charge in [-0.15, -0.1) is 0 Å². The fraction of sp³-hybridized carbons (Fsp3) is 0.100. The highest BCUT2D eigenvalue weighted by Gasteiger charge is 2.06. The molecular formula is C10H8NO2-. The zero-order chi connectivity index (χ0) is 9.42. The molecule has 0 atom stereocenters. The predicted octanol–water partition coefficient (Wildman–Crippen LogP) is 0.611. The minimum atomic E-state index is -1.12. The molecule has 13 heavy (non-hydrogen) atoms. The summed E-state index contributed by atoms with van der Waals surface area (Å²) >= 11 is 0. The maximum Gasteiger partial charge on any atom is 0.0739 e. The van der Waals surface area contributed by atoms with E-state index in [1.807, 2.05) is 12.3 Å². The summed E-state index contributed by atoms with van der Waals surface area (Å²) in [4.78, 5) is 10.8. The van der Waals surface area contributed by atoms with Gasteiger partial charge >= 0.3 is 0 Å². The van der Waals surface area contributed by atoms with Gasteiger partial charge in [-0.1, -0.05) is 6.07 Å². The summed E-state index contributed by atoms with van der Waals surface area (Å²) in [5.41, 5.74) is 1.69. The van der Waals surface area contributed by atoms with E-state index in [-0.39, 0.29) is 5.56 Å². The van der Waals surface area contributed by atoms with Gasteiger partial charge in [-0.05, 0) is 24.6 Å². The highest BCUT2D eigenvalue weighted by atomic mass is 16.4. The number of fused-ring (bicyclic) bond motifs is 1. The number of rotatable bonds is 1. The van der Waals surface area contributed by atoms with Gasteiger partial charge < -0.3 is 14.3 Å². The first kappa shape index (κ1) is 7.86. The first-order valence-corrected chi connectivity index (χ1v) is 3.98. The number of aromatic carboxylic acids is 1. The third-order valence-electron chi connectivity index (χ3n) is 2.08. The average Bonchev–Trinajstić information content (AvgIpc) is 2.39. The van der Waals surface area contributed by atoms with Gasteiger partial charge in [-0.3, -0.25) is 0 Å². The summed E-state index contributed by atoms with van der Waals surface area (Å²) in [6.45, 7) is 1.76. The lowest BCUT2D eigenvalue weighted by molar-refractivity contribution is -0.254. The second-order valence-electron chi connectivity index (χ2n) is 2.97. The zero-order valence-electron chi connectivity index (χ0n) is 7.15. The number of carboxylic acid groups (broad SMARTS) is 1. The normalized spacial score (nSPS) is 10.5. The molecule has 0 radical (unpaired) electrons. The number of hydrogen-bond acceptors (Lipinski definition) is 2. The van der Waals surface area contributed by atoms with Crippen molar-refractivity contribution in [3.05, 3.63) is 41.7 Å². The van der Waals surface area contributed by atoms with Crippen molar-refractivity contribution in [1.82, 2.24) is 4.40 Å². The largest absolute Gasteiger partial charge is 0.545 e. The van der Waals surface area contributed by atoms with Gasteiger partial charge in [-0.25, -0.2) is 0 Å². The Morgan fingerprint density at radius 1 is 1.46 bits per heavy atom. The minimum Gasteiger partial charge on any atom is -0.545 e. The van der Waals surface area contributed by atoms with Crippen LogP contribution in [0.25, 0.3) is 5.52 Å². The SMILES string of the molecule is Cc1cn2ccccc2c1C(=O)[O-]. The molecule has 0 fully saturated rings. The monoisotopic (exact) mass is 174 g/mol. The average molecular weight is 174 g/mol. The van der Waals surface area contributed by atoms with Crippen LogP contribution in [0.3, 0.4) is 0 Å². The zero-order valence-corrected chi connectivity index (χ0v) is 7.15. The fourth-order valence-electron chi connectivity index (χ4n) is 1.52. The Balaban J connectivity index is 2.86. The molecule has 0 unspecified atom stereocenters. The lowest BCUT2D eigenvalue weighted by Crippen LogP contribution is -2.22. The number of pyridine rings is 1. The van der Waals surface area contributed by atoms with Gasteiger partial charge in [0.2, 0.25) is 0 Å². The van der Waals surface area contributed by atoms with E-state index >= 15 is 0 Å². The Hall–Kier alpha value is -1.77. The van der Waals surface area contributed by atoms with Crippen LogP contribution in [0.2, 0.25) is 0 Å². The highest BCUT2D eigenvalue weighted by molar-refractivity contribution is 5.96. The van der Waals surface area contributed by atoms with E-state index in [0.29, 0.717) is 5.52 Å². The van der Waals surface area contributed by atoms with E-state index in [2.05, 4.69) is 0 Å². The van der Waals surface area contributed by atoms with E-state index in [1.165, 1.54) is 0 Å². The Bertz CT molecular complexity index is 471. The molecule has 0 N–H and O–H groups in total. The molecule has 0 saturated carbocycles. The smallest absolute Gasteiger partial charge is 0.0739 e. The second kappa shape index (κ2) is 2.62. The maximum absolute atomic E-state index is 10.8. The summed E-state index contributed by atoms with van der Waals surface area (Å²) in [5.74, 6) is -1.12. The number of carbonyl (C=O) groups is 1. The van der Waals surface area contributed by atoms with E-state index in [4.69, 9.17) is 0 Å². The molecular weight excluding hydrogens is 166 g/mol. The van der Waals surface area contributed by atoms with Crippen molar-refractivity contribution in [2.24, 2.45) is 0 Å². The van der Waals surface area contributed by atoms with Crippen LogP contribution in [0.4, 0.5) is 0 Å². The van der Waals surface area contributed by atoms with Crippen LogP contribution in [0, 0.1) is 6.92 Å². The molecule has 0 spiro atoms. The van der Waals surface area contributed by atoms with Crippen LogP contribution in [0.1, 0.15) is 15.9 Å². The van der Waals surface area contributed by atoms with Crippen molar-refractivity contribution in [1.29, 1.82) is 0 Å². The molecule has 2 heterocycles. The standard InChI is InChI=1S/C10H9NO2/c1-7-6-11-5-3-2-4-8(11)9(7)10(12)13/h2-6H,1H3,(H,12,13)/p-1. The predicted molar refractivity (Wildman–Crippen MR) is 46.5 cm³/mol. The number of nitrogens with zero attached hydrogens (tertiary/aromatic N) is 1. The number of aryl methyl sites for hydroxylation is 1. The molecule has 0 amide bonds. The molecule has 2 rings (SSSR count). The van der Waals surface area contributed by atoms with Crippen LogP contribution in [0.15, 0.2) is 30.6 Å². The van der Waals surface area contributed by atoms with Crippen LogP contribution >= 0.6 is 0 Å². The molecule has 0 bridgehead atoms. The van der Waals surface area contributed by atoms with Crippen molar-refractivity contribution >= 4 is 11.5 Å². The number of carboxylic acids is 1. The summed E-state index contributed by atoms with van der Waals surface area (Å²) in [6.07, 6.45) is 3.59. The van der Waals surface area contributed by atoms with Gasteiger partial charge in [-0.2, -0.15) is 0 Å². The molecule has 0 aliphatic rings. The maximum atomic E-state index is 10.8. The number of carbonyl (C=O) groups excluding carboxylic acids is 1. The number of aromatic nitrogens is 1. The lowest BCUT2D eigenvalue weighted by Gasteiger charge is -2.01. The van der Waals surface area contributed by atoms with E-state index in [0.717, 1.165) is 5.56 Å². The van der Waals surface area contributed by atoms with Crippen molar-refractivity contribution in [3.63, 3.8) is 0 Å². The summed E-state index contributed by atoms with van der Waals surface area (Å²) in [5, 5.41) is 10.8. The van der Waals surface area contributed by atoms with Crippen LogP contribution in [-0.2, 0) is 0 Å². The Morgan fingerprint density at radius 2 is 2.23 bits per heavy atom. The van der Waals surface area contributed by atoms with Crippen LogP contribution < -0.4 is 5.11 Å². The van der Waals surface area contributed by atoms with Crippen molar-refractivity contribution in [2.45, 2.75) is 6.92 Å². The fourth-order valence-corrected chi connectivity index (χ4v) is 1.52. The molecule has 0 aliphatic heterocycles. The van der Waals surface area contributed by atoms with E-state index in [1.54, 1.807) is 29.7 Å². The Kier molecular flexibility index (Phi) is 1.59. The highest BCUT2D eigenvalue weighted by Crippen LogP contribution is 2.16. The third-order valence-corrected chi connectivity index (χ3v) is 2.08. The molecule has 2 aromatic heterocycles. The van der Waals surface area contributed by atoms with Crippen LogP contribution in [0.5, 0.6) is 0 Å². The topological polar surface area (TPSA) is 44.5 Å². The van der Waals surface area contributed by atoms with Gasteiger partial charge in [0.1, 0.15) is 0 Å². The summed E-state index contributed by atoms with van der Waals surface area (Å²) < 4.78 is 1.78. The number of hydrogen-bond donors (Lipinski definition) is 0. The molecule has 66 valence electrons. The molecule has 0 aromatic carbocycles. The second-order valence-corrected chi connectivity index (χ2v) is 2.97. The van der Waals surface area contributed by atoms with Gasteiger partial charge in [0, 0.05) is 18.0 Å². The van der Waals surface area contributed by atoms with Crippen molar-refractivity contribution < 1.29 is 9.90 Å². The molecule has 2 aromatic rings. The van der Waals surface area contributed by atoms with Crippen LogP contribution in [-0.4, -0.2) is 10.4 Å². The van der Waals surface area contributed by atoms with Crippen molar-refractivity contribution in [3.8, 4) is 0 Å². The first-order valence-electron chi connectivity index (χ1n) is 3.98. The lowest BCUT2D eigenvalue weighted by atomic mass is 10.2. The molecule has 0 aliphatic carbocycles. The van der Waals surface area contributed by atoms with Crippen molar-refractivity contribution in [2.75, 3.05) is 0 Å². The summed E-state index contributed by atoms with van der Waals surface area (Å²) in [6, 6.07) is 5.42. The van der Waals surface area contributed by atoms with Gasteiger partial charge in [0.15, 0.2) is 0 Å². The quantitative estimate of drug-likeness (QED) is 0.635. The van der Waals surface area contributed by atoms with E-state index < -0.39 is 5.97 Å². The van der Waals surface area contributed by atoms with E-state index in [9.17, 15) is 9.90 Å².